The maximum Gasteiger partial charge on any atom is 0.305 e. The average molecular weight is 398 g/mol. The van der Waals surface area contributed by atoms with Crippen LogP contribution in [-0.2, 0) is 20.9 Å². The normalized spacial score (nSPS) is 20.3. The van der Waals surface area contributed by atoms with Gasteiger partial charge in [0.05, 0.1) is 25.2 Å². The molecule has 1 saturated carbocycles. The van der Waals surface area contributed by atoms with Crippen LogP contribution in [0.2, 0.25) is 0 Å². The van der Waals surface area contributed by atoms with Gasteiger partial charge in [0.1, 0.15) is 0 Å². The summed E-state index contributed by atoms with van der Waals surface area (Å²) in [6, 6.07) is 9.63. The number of rotatable bonds is 14. The standard InChI is InChI=1S/C22H33F2NO3/c1-3-28-20(26)13-9-4-5-10-14-25(2)17-21(16-22(21,23)24)18-27-15-19-11-7-6-8-12-19/h6-8,11-12H,3-5,9-10,13-18H2,1-2H3/t21-/m1/s1. The molecule has 0 saturated heterocycles. The molecule has 1 aromatic carbocycles. The molecule has 1 aliphatic carbocycles. The smallest absolute Gasteiger partial charge is 0.305 e. The lowest BCUT2D eigenvalue weighted by molar-refractivity contribution is -0.143. The number of esters is 1. The van der Waals surface area contributed by atoms with Crippen LogP contribution in [0, 0.1) is 5.41 Å². The minimum Gasteiger partial charge on any atom is -0.466 e. The first-order valence-corrected chi connectivity index (χ1v) is 10.2. The second-order valence-electron chi connectivity index (χ2n) is 7.85. The lowest BCUT2D eigenvalue weighted by Gasteiger charge is -2.24. The molecule has 0 N–H and O–H groups in total. The fourth-order valence-corrected chi connectivity index (χ4v) is 3.53. The Hall–Kier alpha value is -1.53. The number of benzene rings is 1. The van der Waals surface area contributed by atoms with Crippen molar-refractivity contribution in [3.8, 4) is 0 Å². The molecule has 28 heavy (non-hydrogen) atoms. The van der Waals surface area contributed by atoms with E-state index in [1.807, 2.05) is 42.3 Å². The third-order valence-electron chi connectivity index (χ3n) is 5.25. The van der Waals surface area contributed by atoms with E-state index in [0.29, 0.717) is 26.2 Å². The second-order valence-corrected chi connectivity index (χ2v) is 7.85. The Morgan fingerprint density at radius 2 is 1.82 bits per heavy atom. The lowest BCUT2D eigenvalue weighted by Crippen LogP contribution is -2.34. The highest BCUT2D eigenvalue weighted by Gasteiger charge is 2.71. The van der Waals surface area contributed by atoms with Crippen molar-refractivity contribution in [1.29, 1.82) is 0 Å². The third-order valence-corrected chi connectivity index (χ3v) is 5.25. The molecule has 0 unspecified atom stereocenters. The van der Waals surface area contributed by atoms with E-state index in [-0.39, 0.29) is 19.0 Å². The predicted molar refractivity (Wildman–Crippen MR) is 105 cm³/mol. The summed E-state index contributed by atoms with van der Waals surface area (Å²) in [6.45, 7) is 3.79. The Kier molecular flexibility index (Phi) is 8.83. The maximum absolute atomic E-state index is 14.0. The van der Waals surface area contributed by atoms with E-state index in [0.717, 1.165) is 37.8 Å². The second kappa shape index (κ2) is 10.9. The summed E-state index contributed by atoms with van der Waals surface area (Å²) in [7, 11) is 1.89. The largest absolute Gasteiger partial charge is 0.466 e. The monoisotopic (exact) mass is 397 g/mol. The van der Waals surface area contributed by atoms with Crippen molar-refractivity contribution in [3.63, 3.8) is 0 Å². The number of nitrogens with zero attached hydrogens (tertiary/aromatic N) is 1. The molecule has 1 atom stereocenters. The number of carbonyl (C=O) groups excluding carboxylic acids is 1. The van der Waals surface area contributed by atoms with Crippen LogP contribution in [0.5, 0.6) is 0 Å². The number of alkyl halides is 2. The molecule has 0 aliphatic heterocycles. The van der Waals surface area contributed by atoms with Gasteiger partial charge in [0, 0.05) is 19.4 Å². The first-order chi connectivity index (χ1) is 13.4. The van der Waals surface area contributed by atoms with Gasteiger partial charge in [0.15, 0.2) is 0 Å². The van der Waals surface area contributed by atoms with Crippen LogP contribution < -0.4 is 0 Å². The molecule has 0 bridgehead atoms. The Morgan fingerprint density at radius 1 is 1.14 bits per heavy atom. The Morgan fingerprint density at radius 3 is 2.46 bits per heavy atom. The third kappa shape index (κ3) is 7.13. The zero-order valence-corrected chi connectivity index (χ0v) is 17.1. The topological polar surface area (TPSA) is 38.8 Å². The zero-order chi connectivity index (χ0) is 20.5. The van der Waals surface area contributed by atoms with Crippen molar-refractivity contribution in [3.05, 3.63) is 35.9 Å². The average Bonchev–Trinajstić information content (AvgIpc) is 3.18. The molecule has 0 radical (unpaired) electrons. The van der Waals surface area contributed by atoms with Crippen LogP contribution in [0.1, 0.15) is 51.0 Å². The van der Waals surface area contributed by atoms with Gasteiger partial charge in [-0.1, -0.05) is 43.2 Å². The molecular weight excluding hydrogens is 364 g/mol. The number of hydrogen-bond donors (Lipinski definition) is 0. The van der Waals surface area contributed by atoms with Crippen molar-refractivity contribution in [2.24, 2.45) is 5.41 Å². The Bertz CT molecular complexity index is 597. The van der Waals surface area contributed by atoms with Gasteiger partial charge in [-0.25, -0.2) is 8.78 Å². The van der Waals surface area contributed by atoms with Crippen molar-refractivity contribution < 1.29 is 23.0 Å². The van der Waals surface area contributed by atoms with E-state index >= 15 is 0 Å². The van der Waals surface area contributed by atoms with Crippen molar-refractivity contribution in [2.45, 2.75) is 58.0 Å². The molecule has 0 heterocycles. The highest BCUT2D eigenvalue weighted by molar-refractivity contribution is 5.69. The fraction of sp³-hybridized carbons (Fsp3) is 0.682. The predicted octanol–water partition coefficient (Wildman–Crippen LogP) is 4.67. The summed E-state index contributed by atoms with van der Waals surface area (Å²) < 4.78 is 38.6. The molecule has 1 aliphatic rings. The van der Waals surface area contributed by atoms with Crippen molar-refractivity contribution >= 4 is 5.97 Å². The molecule has 4 nitrogen and oxygen atoms in total. The van der Waals surface area contributed by atoms with Gasteiger partial charge in [-0.05, 0) is 38.9 Å². The Labute approximate surface area is 167 Å². The molecule has 0 spiro atoms. The van der Waals surface area contributed by atoms with Crippen LogP contribution in [0.25, 0.3) is 0 Å². The van der Waals surface area contributed by atoms with Gasteiger partial charge < -0.3 is 14.4 Å². The zero-order valence-electron chi connectivity index (χ0n) is 17.1. The molecule has 1 aromatic rings. The number of hydrogen-bond acceptors (Lipinski definition) is 4. The van der Waals surface area contributed by atoms with E-state index in [4.69, 9.17) is 9.47 Å². The maximum atomic E-state index is 14.0. The lowest BCUT2D eigenvalue weighted by atomic mass is 10.1. The van der Waals surface area contributed by atoms with Crippen LogP contribution in [-0.4, -0.2) is 50.1 Å². The quantitative estimate of drug-likeness (QED) is 0.338. The van der Waals surface area contributed by atoms with E-state index in [1.54, 1.807) is 6.92 Å². The number of ether oxygens (including phenoxy) is 2. The van der Waals surface area contributed by atoms with E-state index in [1.165, 1.54) is 0 Å². The summed E-state index contributed by atoms with van der Waals surface area (Å²) in [4.78, 5) is 13.3. The van der Waals surface area contributed by atoms with Crippen molar-refractivity contribution in [1.82, 2.24) is 4.90 Å². The van der Waals surface area contributed by atoms with Crippen LogP contribution in [0.3, 0.4) is 0 Å². The molecule has 158 valence electrons. The van der Waals surface area contributed by atoms with Gasteiger partial charge in [0.25, 0.3) is 5.92 Å². The highest BCUT2D eigenvalue weighted by atomic mass is 19.3. The summed E-state index contributed by atoms with van der Waals surface area (Å²) in [5.41, 5.74) is -0.0572. The van der Waals surface area contributed by atoms with Gasteiger partial charge in [-0.2, -0.15) is 0 Å². The molecule has 2 rings (SSSR count). The summed E-state index contributed by atoms with van der Waals surface area (Å²) in [5, 5.41) is 0. The number of carbonyl (C=O) groups is 1. The molecular formula is C22H33F2NO3. The molecule has 6 heteroatoms. The van der Waals surface area contributed by atoms with E-state index < -0.39 is 11.3 Å². The van der Waals surface area contributed by atoms with Crippen LogP contribution in [0.4, 0.5) is 8.78 Å². The van der Waals surface area contributed by atoms with Crippen LogP contribution >= 0.6 is 0 Å². The van der Waals surface area contributed by atoms with Crippen LogP contribution in [0.15, 0.2) is 30.3 Å². The molecule has 0 amide bonds. The first kappa shape index (κ1) is 22.8. The Balaban J connectivity index is 1.63. The highest BCUT2D eigenvalue weighted by Crippen LogP contribution is 2.60. The van der Waals surface area contributed by atoms with E-state index in [2.05, 4.69) is 0 Å². The fourth-order valence-electron chi connectivity index (χ4n) is 3.53. The SMILES string of the molecule is CCOC(=O)CCCCCCN(C)C[C@@]1(COCc2ccccc2)CC1(F)F. The van der Waals surface area contributed by atoms with Gasteiger partial charge in [-0.15, -0.1) is 0 Å². The summed E-state index contributed by atoms with van der Waals surface area (Å²) in [6.07, 6.45) is 4.05. The summed E-state index contributed by atoms with van der Waals surface area (Å²) in [5.74, 6) is -2.79. The van der Waals surface area contributed by atoms with Gasteiger partial charge >= 0.3 is 5.97 Å². The molecule has 1 fully saturated rings. The number of unbranched alkanes of at least 4 members (excludes halogenated alkanes) is 3. The van der Waals surface area contributed by atoms with Gasteiger partial charge in [-0.3, -0.25) is 4.79 Å². The van der Waals surface area contributed by atoms with E-state index in [9.17, 15) is 13.6 Å². The van der Waals surface area contributed by atoms with Gasteiger partial charge in [0.2, 0.25) is 0 Å². The van der Waals surface area contributed by atoms with Crippen molar-refractivity contribution in [2.75, 3.05) is 33.4 Å². The minimum absolute atomic E-state index is 0.0821. The minimum atomic E-state index is -2.64. The first-order valence-electron chi connectivity index (χ1n) is 10.2. The molecule has 0 aromatic heterocycles. The summed E-state index contributed by atoms with van der Waals surface area (Å²) >= 11 is 0. The number of halogens is 2.